The molecule has 1 aromatic heterocycles. The van der Waals surface area contributed by atoms with Crippen LogP contribution in [0.2, 0.25) is 0 Å². The van der Waals surface area contributed by atoms with E-state index in [0.29, 0.717) is 24.2 Å². The van der Waals surface area contributed by atoms with E-state index in [-0.39, 0.29) is 17.6 Å². The Labute approximate surface area is 184 Å². The maximum atomic E-state index is 13.0. The summed E-state index contributed by atoms with van der Waals surface area (Å²) in [5.41, 5.74) is 5.82. The highest BCUT2D eigenvalue weighted by Crippen LogP contribution is 2.27. The van der Waals surface area contributed by atoms with E-state index >= 15 is 0 Å². The third-order valence-electron chi connectivity index (χ3n) is 5.45. The molecule has 0 aliphatic carbocycles. The van der Waals surface area contributed by atoms with Gasteiger partial charge in [-0.3, -0.25) is 9.59 Å². The minimum atomic E-state index is -0.673. The van der Waals surface area contributed by atoms with Crippen molar-refractivity contribution < 1.29 is 14.7 Å². The van der Waals surface area contributed by atoms with Crippen molar-refractivity contribution in [1.82, 2.24) is 15.2 Å². The van der Waals surface area contributed by atoms with E-state index in [9.17, 15) is 14.7 Å². The molecule has 0 fully saturated rings. The fraction of sp³-hybridized carbons (Fsp3) is 0.208. The largest absolute Gasteiger partial charge is 0.508 e. The summed E-state index contributed by atoms with van der Waals surface area (Å²) >= 11 is 1.60. The molecule has 1 aliphatic rings. The van der Waals surface area contributed by atoms with Gasteiger partial charge in [0.2, 0.25) is 5.91 Å². The summed E-state index contributed by atoms with van der Waals surface area (Å²) in [6, 6.07) is 12.2. The second-order valence-corrected chi connectivity index (χ2v) is 8.32. The minimum absolute atomic E-state index is 0.0657. The number of phenols is 1. The second kappa shape index (κ2) is 8.73. The first-order valence-electron chi connectivity index (χ1n) is 9.99. The van der Waals surface area contributed by atoms with E-state index in [2.05, 4.69) is 10.3 Å². The first-order chi connectivity index (χ1) is 15.0. The van der Waals surface area contributed by atoms with E-state index < -0.39 is 6.04 Å². The Morgan fingerprint density at radius 1 is 1.19 bits per heavy atom. The summed E-state index contributed by atoms with van der Waals surface area (Å²) in [4.78, 5) is 32.7. The van der Waals surface area contributed by atoms with E-state index in [4.69, 9.17) is 0 Å². The number of hydrogen-bond donors (Lipinski definition) is 2. The van der Waals surface area contributed by atoms with Crippen molar-refractivity contribution in [3.63, 3.8) is 0 Å². The predicted octanol–water partition coefficient (Wildman–Crippen LogP) is 3.83. The Bertz CT molecular complexity index is 1150. The van der Waals surface area contributed by atoms with Gasteiger partial charge in [0.25, 0.3) is 5.91 Å². The number of carbonyl (C=O) groups is 2. The Morgan fingerprint density at radius 2 is 1.97 bits per heavy atom. The Kier molecular flexibility index (Phi) is 5.86. The van der Waals surface area contributed by atoms with Crippen molar-refractivity contribution in [3.05, 3.63) is 82.5 Å². The number of thiazole rings is 1. The van der Waals surface area contributed by atoms with E-state index in [1.54, 1.807) is 42.5 Å². The van der Waals surface area contributed by atoms with Crippen LogP contribution in [-0.4, -0.2) is 39.4 Å². The summed E-state index contributed by atoms with van der Waals surface area (Å²) in [6.07, 6.45) is 3.55. The summed E-state index contributed by atoms with van der Waals surface area (Å²) in [6.45, 7) is 4.41. The van der Waals surface area contributed by atoms with Crippen molar-refractivity contribution >= 4 is 23.2 Å². The molecule has 7 heteroatoms. The minimum Gasteiger partial charge on any atom is -0.508 e. The standard InChI is InChI=1S/C24H23N3O3S/c1-15-19(5-3-7-21(15)28)24(30)27-12-4-6-20(27)23(29)25-13-17-8-10-18(11-9-17)22-16(2)26-14-31-22/h3-11,14,20,28H,12-13H2,1-2H3,(H,25,29)/t20-/m0/s1. The zero-order valence-corrected chi connectivity index (χ0v) is 18.1. The summed E-state index contributed by atoms with van der Waals surface area (Å²) < 4.78 is 0. The molecule has 0 saturated carbocycles. The normalized spacial score (nSPS) is 15.3. The molecule has 2 amide bonds. The highest BCUT2D eigenvalue weighted by atomic mass is 32.1. The van der Waals surface area contributed by atoms with Gasteiger partial charge in [0.1, 0.15) is 11.8 Å². The van der Waals surface area contributed by atoms with E-state index in [0.717, 1.165) is 21.7 Å². The number of aromatic nitrogens is 1. The van der Waals surface area contributed by atoms with Gasteiger partial charge in [-0.2, -0.15) is 0 Å². The highest BCUT2D eigenvalue weighted by Gasteiger charge is 2.31. The maximum absolute atomic E-state index is 13.0. The van der Waals surface area contributed by atoms with Gasteiger partial charge < -0.3 is 15.3 Å². The van der Waals surface area contributed by atoms with Gasteiger partial charge in [0.05, 0.1) is 16.1 Å². The van der Waals surface area contributed by atoms with E-state index in [1.807, 2.05) is 42.8 Å². The highest BCUT2D eigenvalue weighted by molar-refractivity contribution is 7.13. The lowest BCUT2D eigenvalue weighted by Crippen LogP contribution is -2.46. The fourth-order valence-corrected chi connectivity index (χ4v) is 4.43. The number of aryl methyl sites for hydroxylation is 1. The topological polar surface area (TPSA) is 82.5 Å². The van der Waals surface area contributed by atoms with Crippen LogP contribution in [0, 0.1) is 13.8 Å². The van der Waals surface area contributed by atoms with Gasteiger partial charge in [-0.1, -0.05) is 42.5 Å². The molecule has 0 spiro atoms. The molecular weight excluding hydrogens is 410 g/mol. The van der Waals surface area contributed by atoms with Crippen LogP contribution in [0.25, 0.3) is 10.4 Å². The summed E-state index contributed by atoms with van der Waals surface area (Å²) in [5, 5.41) is 12.8. The lowest BCUT2D eigenvalue weighted by atomic mass is 10.1. The van der Waals surface area contributed by atoms with Crippen LogP contribution in [0.1, 0.15) is 27.2 Å². The van der Waals surface area contributed by atoms with Gasteiger partial charge in [0, 0.05) is 24.2 Å². The zero-order chi connectivity index (χ0) is 22.0. The second-order valence-electron chi connectivity index (χ2n) is 7.46. The number of rotatable bonds is 5. The van der Waals surface area contributed by atoms with Crippen LogP contribution in [0.15, 0.2) is 60.1 Å². The molecule has 0 radical (unpaired) electrons. The van der Waals surface area contributed by atoms with Crippen LogP contribution < -0.4 is 5.32 Å². The number of phenolic OH excluding ortho intramolecular Hbond substituents is 1. The fourth-order valence-electron chi connectivity index (χ4n) is 3.62. The van der Waals surface area contributed by atoms with Crippen LogP contribution >= 0.6 is 11.3 Å². The molecule has 0 bridgehead atoms. The molecule has 0 unspecified atom stereocenters. The number of carbonyl (C=O) groups excluding carboxylic acids is 2. The molecule has 2 heterocycles. The van der Waals surface area contributed by atoms with Gasteiger partial charge in [0.15, 0.2) is 0 Å². The van der Waals surface area contributed by atoms with Gasteiger partial charge in [-0.15, -0.1) is 11.3 Å². The number of aromatic hydroxyl groups is 1. The van der Waals surface area contributed by atoms with E-state index in [1.165, 1.54) is 4.90 Å². The number of benzene rings is 2. The Morgan fingerprint density at radius 3 is 2.68 bits per heavy atom. The molecule has 2 N–H and O–H groups in total. The third-order valence-corrected chi connectivity index (χ3v) is 6.43. The molecule has 4 rings (SSSR count). The lowest BCUT2D eigenvalue weighted by Gasteiger charge is -2.24. The SMILES string of the molecule is Cc1ncsc1-c1ccc(CNC(=O)[C@@H]2C=CCN2C(=O)c2cccc(O)c2C)cc1. The number of nitrogens with zero attached hydrogens (tertiary/aromatic N) is 2. The van der Waals surface area contributed by atoms with Crippen molar-refractivity contribution in [3.8, 4) is 16.2 Å². The monoisotopic (exact) mass is 433 g/mol. The molecule has 1 atom stereocenters. The maximum Gasteiger partial charge on any atom is 0.255 e. The molecule has 3 aromatic rings. The zero-order valence-electron chi connectivity index (χ0n) is 17.3. The molecule has 2 aromatic carbocycles. The number of amides is 2. The molecule has 1 aliphatic heterocycles. The van der Waals surface area contributed by atoms with Gasteiger partial charge in [-0.05, 0) is 37.1 Å². The van der Waals surface area contributed by atoms with Crippen LogP contribution in [0.4, 0.5) is 0 Å². The van der Waals surface area contributed by atoms with Crippen molar-refractivity contribution in [2.24, 2.45) is 0 Å². The quantitative estimate of drug-likeness (QED) is 0.599. The Balaban J connectivity index is 1.41. The summed E-state index contributed by atoms with van der Waals surface area (Å²) in [7, 11) is 0. The van der Waals surface area contributed by atoms with Gasteiger partial charge in [-0.25, -0.2) is 4.98 Å². The summed E-state index contributed by atoms with van der Waals surface area (Å²) in [5.74, 6) is -0.443. The molecule has 31 heavy (non-hydrogen) atoms. The Hall–Kier alpha value is -3.45. The van der Waals surface area contributed by atoms with Crippen LogP contribution in [-0.2, 0) is 11.3 Å². The predicted molar refractivity (Wildman–Crippen MR) is 121 cm³/mol. The van der Waals surface area contributed by atoms with Crippen molar-refractivity contribution in [1.29, 1.82) is 0 Å². The first kappa shape index (κ1) is 20.8. The van der Waals surface area contributed by atoms with Crippen molar-refractivity contribution in [2.45, 2.75) is 26.4 Å². The smallest absolute Gasteiger partial charge is 0.255 e. The van der Waals surface area contributed by atoms with Gasteiger partial charge >= 0.3 is 0 Å². The molecule has 158 valence electrons. The van der Waals surface area contributed by atoms with Crippen LogP contribution in [0.3, 0.4) is 0 Å². The van der Waals surface area contributed by atoms with Crippen molar-refractivity contribution in [2.75, 3.05) is 6.54 Å². The number of nitrogens with one attached hydrogen (secondary N) is 1. The number of hydrogen-bond acceptors (Lipinski definition) is 5. The molecular formula is C24H23N3O3S. The molecule has 6 nitrogen and oxygen atoms in total. The molecule has 0 saturated heterocycles. The first-order valence-corrected chi connectivity index (χ1v) is 10.9. The average molecular weight is 434 g/mol. The lowest BCUT2D eigenvalue weighted by molar-refractivity contribution is -0.123. The third kappa shape index (κ3) is 4.22. The average Bonchev–Trinajstić information content (AvgIpc) is 3.43. The van der Waals surface area contributed by atoms with Crippen LogP contribution in [0.5, 0.6) is 5.75 Å².